The highest BCUT2D eigenvalue weighted by Gasteiger charge is 2.20. The van der Waals surface area contributed by atoms with Gasteiger partial charge in [-0.3, -0.25) is 23.9 Å². The number of fused-ring (bicyclic) bond motifs is 1. The van der Waals surface area contributed by atoms with Crippen molar-refractivity contribution in [1.82, 2.24) is 14.5 Å². The topological polar surface area (TPSA) is 104 Å². The fourth-order valence-corrected chi connectivity index (χ4v) is 3.75. The van der Waals surface area contributed by atoms with E-state index < -0.39 is 11.2 Å². The fourth-order valence-electron chi connectivity index (χ4n) is 3.75. The Hall–Kier alpha value is -4.46. The van der Waals surface area contributed by atoms with Gasteiger partial charge in [-0.05, 0) is 48.9 Å². The van der Waals surface area contributed by atoms with Crippen LogP contribution in [0.3, 0.4) is 0 Å². The quantitative estimate of drug-likeness (QED) is 0.465. The van der Waals surface area contributed by atoms with Gasteiger partial charge in [0.05, 0.1) is 16.9 Å². The third-order valence-corrected chi connectivity index (χ3v) is 5.84. The molecule has 0 bridgehead atoms. The molecule has 1 heterocycles. The summed E-state index contributed by atoms with van der Waals surface area (Å²) in [5.41, 5.74) is 1.26. The van der Waals surface area contributed by atoms with Crippen LogP contribution < -0.4 is 16.6 Å². The molecule has 2 amide bonds. The van der Waals surface area contributed by atoms with Crippen molar-refractivity contribution in [2.24, 2.45) is 0 Å². The maximum atomic E-state index is 13.1. The van der Waals surface area contributed by atoms with E-state index in [0.29, 0.717) is 22.2 Å². The van der Waals surface area contributed by atoms with E-state index in [2.05, 4.69) is 10.3 Å². The molecule has 8 heteroatoms. The van der Waals surface area contributed by atoms with Crippen LogP contribution in [0.25, 0.3) is 10.9 Å². The Balaban J connectivity index is 1.52. The third-order valence-electron chi connectivity index (χ3n) is 5.84. The molecule has 0 aliphatic heterocycles. The number of amides is 2. The van der Waals surface area contributed by atoms with Crippen LogP contribution in [0.4, 0.5) is 5.69 Å². The Kier molecular flexibility index (Phi) is 6.40. The molecule has 0 spiro atoms. The second-order valence-electron chi connectivity index (χ2n) is 7.99. The number of para-hydroxylation sites is 1. The molecule has 4 rings (SSSR count). The smallest absolute Gasteiger partial charge is 0.329 e. The van der Waals surface area contributed by atoms with Gasteiger partial charge in [-0.2, -0.15) is 0 Å². The largest absolute Gasteiger partial charge is 0.337 e. The zero-order valence-electron chi connectivity index (χ0n) is 18.8. The summed E-state index contributed by atoms with van der Waals surface area (Å²) in [5, 5.41) is 3.21. The van der Waals surface area contributed by atoms with Crippen LogP contribution in [0.2, 0.25) is 0 Å². The predicted octanol–water partition coefficient (Wildman–Crippen LogP) is 3.16. The van der Waals surface area contributed by atoms with Crippen LogP contribution in [-0.2, 0) is 11.3 Å². The molecule has 0 saturated carbocycles. The van der Waals surface area contributed by atoms with Crippen molar-refractivity contribution in [3.63, 3.8) is 0 Å². The van der Waals surface area contributed by atoms with Crippen LogP contribution in [0.1, 0.15) is 28.9 Å². The summed E-state index contributed by atoms with van der Waals surface area (Å²) in [4.78, 5) is 53.8. The van der Waals surface area contributed by atoms with E-state index in [1.807, 2.05) is 31.2 Å². The van der Waals surface area contributed by atoms with Gasteiger partial charge in [0.15, 0.2) is 0 Å². The van der Waals surface area contributed by atoms with E-state index in [-0.39, 0.29) is 24.4 Å². The first-order chi connectivity index (χ1) is 16.3. The monoisotopic (exact) mass is 456 g/mol. The molecule has 34 heavy (non-hydrogen) atoms. The molecule has 0 radical (unpaired) electrons. The minimum absolute atomic E-state index is 0.221. The van der Waals surface area contributed by atoms with Crippen molar-refractivity contribution < 1.29 is 9.59 Å². The van der Waals surface area contributed by atoms with Crippen molar-refractivity contribution >= 4 is 28.4 Å². The number of hydrogen-bond acceptors (Lipinski definition) is 4. The van der Waals surface area contributed by atoms with Gasteiger partial charge in [-0.1, -0.05) is 42.5 Å². The second-order valence-corrected chi connectivity index (χ2v) is 7.99. The average molecular weight is 457 g/mol. The van der Waals surface area contributed by atoms with E-state index in [0.717, 1.165) is 5.56 Å². The van der Waals surface area contributed by atoms with Gasteiger partial charge in [-0.15, -0.1) is 0 Å². The molecule has 1 atom stereocenters. The Morgan fingerprint density at radius 3 is 2.44 bits per heavy atom. The van der Waals surface area contributed by atoms with Crippen LogP contribution in [0, 0.1) is 0 Å². The van der Waals surface area contributed by atoms with E-state index in [1.165, 1.54) is 9.47 Å². The highest BCUT2D eigenvalue weighted by atomic mass is 16.2. The van der Waals surface area contributed by atoms with Crippen molar-refractivity contribution in [2.75, 3.05) is 12.4 Å². The summed E-state index contributed by atoms with van der Waals surface area (Å²) < 4.78 is 1.26. The molecule has 4 aromatic rings. The lowest BCUT2D eigenvalue weighted by Crippen LogP contribution is -2.38. The molecule has 3 aromatic carbocycles. The Morgan fingerprint density at radius 2 is 1.68 bits per heavy atom. The van der Waals surface area contributed by atoms with Crippen LogP contribution in [-0.4, -0.2) is 33.3 Å². The van der Waals surface area contributed by atoms with Crippen molar-refractivity contribution in [3.8, 4) is 0 Å². The minimum atomic E-state index is -0.635. The molecule has 0 aliphatic carbocycles. The van der Waals surface area contributed by atoms with Gasteiger partial charge in [0, 0.05) is 18.3 Å². The number of anilines is 1. The maximum absolute atomic E-state index is 13.1. The Labute approximate surface area is 195 Å². The number of hydrogen-bond donors (Lipinski definition) is 2. The predicted molar refractivity (Wildman–Crippen MR) is 131 cm³/mol. The number of carbonyl (C=O) groups excluding carboxylic acids is 2. The van der Waals surface area contributed by atoms with E-state index in [9.17, 15) is 19.2 Å². The number of likely N-dealkylation sites (N-methyl/N-ethyl adjacent to an activating group) is 1. The summed E-state index contributed by atoms with van der Waals surface area (Å²) in [6, 6.07) is 22.5. The molecule has 172 valence electrons. The van der Waals surface area contributed by atoms with E-state index >= 15 is 0 Å². The first-order valence-electron chi connectivity index (χ1n) is 10.8. The highest BCUT2D eigenvalue weighted by Crippen LogP contribution is 2.23. The van der Waals surface area contributed by atoms with Crippen LogP contribution in [0.15, 0.2) is 88.5 Å². The fraction of sp³-hybridized carbons (Fsp3) is 0.154. The third kappa shape index (κ3) is 4.66. The standard InChI is InChI=1S/C26H24N4O4/c1-17(19-11-8-12-20(15-19)27-24(32)18-9-4-3-5-10-18)29(2)23(31)16-30-22-14-7-6-13-21(22)25(33)28-26(30)34/h3-15,17H,16H2,1-2H3,(H,27,32)(H,28,33,34). The van der Waals surface area contributed by atoms with Crippen LogP contribution >= 0.6 is 0 Å². The SMILES string of the molecule is CC(c1cccc(NC(=O)c2ccccc2)c1)N(C)C(=O)Cn1c(=O)[nH]c(=O)c2ccccc21. The summed E-state index contributed by atoms with van der Waals surface area (Å²) in [6.45, 7) is 1.64. The van der Waals surface area contributed by atoms with Gasteiger partial charge in [-0.25, -0.2) is 4.79 Å². The summed E-state index contributed by atoms with van der Waals surface area (Å²) in [5.74, 6) is -0.523. The maximum Gasteiger partial charge on any atom is 0.329 e. The van der Waals surface area contributed by atoms with Crippen LogP contribution in [0.5, 0.6) is 0 Å². The number of benzene rings is 3. The zero-order valence-corrected chi connectivity index (χ0v) is 18.8. The van der Waals surface area contributed by atoms with E-state index in [4.69, 9.17) is 0 Å². The molecular weight excluding hydrogens is 432 g/mol. The number of nitrogens with one attached hydrogen (secondary N) is 2. The normalized spacial score (nSPS) is 11.7. The Bertz CT molecular complexity index is 1470. The summed E-state index contributed by atoms with van der Waals surface area (Å²) in [7, 11) is 1.65. The molecule has 1 aromatic heterocycles. The second kappa shape index (κ2) is 9.58. The van der Waals surface area contributed by atoms with Gasteiger partial charge in [0.1, 0.15) is 6.54 Å². The van der Waals surface area contributed by atoms with Gasteiger partial charge in [0.25, 0.3) is 11.5 Å². The number of rotatable bonds is 6. The first-order valence-corrected chi connectivity index (χ1v) is 10.8. The zero-order chi connectivity index (χ0) is 24.2. The van der Waals surface area contributed by atoms with Crippen molar-refractivity contribution in [3.05, 3.63) is 111 Å². The average Bonchev–Trinajstić information content (AvgIpc) is 2.86. The molecule has 0 saturated heterocycles. The molecule has 8 nitrogen and oxygen atoms in total. The van der Waals surface area contributed by atoms with Crippen molar-refractivity contribution in [2.45, 2.75) is 19.5 Å². The highest BCUT2D eigenvalue weighted by molar-refractivity contribution is 6.04. The molecule has 1 unspecified atom stereocenters. The van der Waals surface area contributed by atoms with Gasteiger partial charge in [0.2, 0.25) is 5.91 Å². The molecule has 0 fully saturated rings. The number of aromatic amines is 1. The first kappa shape index (κ1) is 22.7. The number of aromatic nitrogens is 2. The molecule has 2 N–H and O–H groups in total. The Morgan fingerprint density at radius 1 is 0.971 bits per heavy atom. The number of carbonyl (C=O) groups is 2. The van der Waals surface area contributed by atoms with Gasteiger partial charge >= 0.3 is 5.69 Å². The number of nitrogens with zero attached hydrogens (tertiary/aromatic N) is 2. The lowest BCUT2D eigenvalue weighted by molar-refractivity contribution is -0.132. The molecular formula is C26H24N4O4. The van der Waals surface area contributed by atoms with Crippen molar-refractivity contribution in [1.29, 1.82) is 0 Å². The lowest BCUT2D eigenvalue weighted by Gasteiger charge is -2.26. The summed E-state index contributed by atoms with van der Waals surface area (Å²) in [6.07, 6.45) is 0. The molecule has 0 aliphatic rings. The number of H-pyrrole nitrogens is 1. The van der Waals surface area contributed by atoms with E-state index in [1.54, 1.807) is 61.6 Å². The lowest BCUT2D eigenvalue weighted by atomic mass is 10.1. The summed E-state index contributed by atoms with van der Waals surface area (Å²) >= 11 is 0. The minimum Gasteiger partial charge on any atom is -0.337 e. The van der Waals surface area contributed by atoms with Gasteiger partial charge < -0.3 is 10.2 Å².